The van der Waals surface area contributed by atoms with E-state index in [0.717, 1.165) is 44.8 Å². The fourth-order valence-corrected chi connectivity index (χ4v) is 4.59. The maximum absolute atomic E-state index is 13.0. The average molecular weight is 701 g/mol. The molecule has 3 heterocycles. The number of ether oxygens (including phenoxy) is 1. The van der Waals surface area contributed by atoms with Gasteiger partial charge in [0.1, 0.15) is 25.2 Å². The number of aromatic nitrogens is 4. The number of nitrogens with zero attached hydrogens (tertiary/aromatic N) is 4. The molecule has 6 N–H and O–H groups in total. The van der Waals surface area contributed by atoms with Gasteiger partial charge in [-0.1, -0.05) is 25.7 Å². The standard InChI is InChI=1S/C32H35F3N8O7/c33-32(34,35)19-39-25-15-21(11-13-37-25)31-41-24(17-50-31)30(48)40-23-16-43(42-27(23)28(36)46)22-9-7-20(8-10-22)29(47)38-12-5-3-1-2-4-6-14-49-18-26(44)45/h7-11,13,15-17H,1-6,12,14,18-19H2,(H2,36,46)(H,37,39)(H,38,47)(H,40,48)(H,44,45). The number of carboxylic acids is 1. The normalized spacial score (nSPS) is 11.3. The van der Waals surface area contributed by atoms with Crippen molar-refractivity contribution in [2.45, 2.75) is 44.7 Å². The van der Waals surface area contributed by atoms with Crippen LogP contribution in [0, 0.1) is 0 Å². The van der Waals surface area contributed by atoms with Gasteiger partial charge in [0, 0.05) is 30.5 Å². The van der Waals surface area contributed by atoms with Crippen LogP contribution >= 0.6 is 0 Å². The number of nitrogens with two attached hydrogens (primary N) is 1. The van der Waals surface area contributed by atoms with E-state index < -0.39 is 30.5 Å². The number of hydrogen-bond donors (Lipinski definition) is 5. The van der Waals surface area contributed by atoms with Crippen molar-refractivity contribution in [1.82, 2.24) is 25.1 Å². The number of carbonyl (C=O) groups excluding carboxylic acids is 3. The highest BCUT2D eigenvalue weighted by atomic mass is 19.4. The van der Waals surface area contributed by atoms with E-state index >= 15 is 0 Å². The maximum Gasteiger partial charge on any atom is 0.405 e. The van der Waals surface area contributed by atoms with Crippen molar-refractivity contribution in [3.8, 4) is 17.1 Å². The zero-order valence-corrected chi connectivity index (χ0v) is 26.7. The number of amides is 3. The Hall–Kier alpha value is -5.78. The zero-order chi connectivity index (χ0) is 36.1. The molecule has 4 aromatic rings. The Balaban J connectivity index is 1.28. The Bertz CT molecular complexity index is 1770. The van der Waals surface area contributed by atoms with E-state index in [4.69, 9.17) is 20.0 Å². The van der Waals surface area contributed by atoms with Gasteiger partial charge in [-0.25, -0.2) is 19.4 Å². The molecule has 0 fully saturated rings. The van der Waals surface area contributed by atoms with Crippen molar-refractivity contribution in [2.24, 2.45) is 5.73 Å². The third kappa shape index (κ3) is 11.4. The van der Waals surface area contributed by atoms with Crippen LogP contribution in [0.1, 0.15) is 69.9 Å². The van der Waals surface area contributed by atoms with Gasteiger partial charge in [0.15, 0.2) is 11.4 Å². The number of carboxylic acid groups (broad SMARTS) is 1. The highest BCUT2D eigenvalue weighted by Gasteiger charge is 2.27. The van der Waals surface area contributed by atoms with Crippen LogP contribution in [0.2, 0.25) is 0 Å². The molecule has 0 unspecified atom stereocenters. The molecule has 4 rings (SSSR count). The van der Waals surface area contributed by atoms with E-state index in [1.807, 2.05) is 0 Å². The molecule has 266 valence electrons. The molecule has 0 aliphatic rings. The molecule has 0 atom stereocenters. The Morgan fingerprint density at radius 3 is 2.40 bits per heavy atom. The summed E-state index contributed by atoms with van der Waals surface area (Å²) in [7, 11) is 0. The van der Waals surface area contributed by atoms with Crippen LogP contribution < -0.4 is 21.7 Å². The first-order valence-corrected chi connectivity index (χ1v) is 15.5. The molecule has 0 aliphatic heterocycles. The van der Waals surface area contributed by atoms with E-state index in [0.29, 0.717) is 24.4 Å². The number of rotatable bonds is 19. The minimum absolute atomic E-state index is 0.0251. The van der Waals surface area contributed by atoms with Gasteiger partial charge in [-0.2, -0.15) is 18.3 Å². The van der Waals surface area contributed by atoms with Crippen LogP contribution in [0.3, 0.4) is 0 Å². The van der Waals surface area contributed by atoms with E-state index in [9.17, 15) is 32.3 Å². The Kier molecular flexibility index (Phi) is 13.0. The third-order valence-corrected chi connectivity index (χ3v) is 7.03. The number of pyridine rings is 1. The van der Waals surface area contributed by atoms with Crippen molar-refractivity contribution in [3.63, 3.8) is 0 Å². The molecule has 0 saturated heterocycles. The number of halogens is 3. The third-order valence-electron chi connectivity index (χ3n) is 7.03. The highest BCUT2D eigenvalue weighted by Crippen LogP contribution is 2.24. The Morgan fingerprint density at radius 1 is 0.980 bits per heavy atom. The molecule has 3 amide bonds. The van der Waals surface area contributed by atoms with Crippen molar-refractivity contribution in [3.05, 3.63) is 72.0 Å². The monoisotopic (exact) mass is 700 g/mol. The van der Waals surface area contributed by atoms with Gasteiger partial charge in [0.2, 0.25) is 5.89 Å². The zero-order valence-electron chi connectivity index (χ0n) is 26.7. The molecule has 15 nitrogen and oxygen atoms in total. The van der Waals surface area contributed by atoms with Gasteiger partial charge < -0.3 is 35.9 Å². The molecule has 50 heavy (non-hydrogen) atoms. The van der Waals surface area contributed by atoms with Crippen LogP contribution in [-0.2, 0) is 9.53 Å². The summed E-state index contributed by atoms with van der Waals surface area (Å²) >= 11 is 0. The summed E-state index contributed by atoms with van der Waals surface area (Å²) in [5.41, 5.74) is 6.16. The minimum Gasteiger partial charge on any atom is -0.480 e. The van der Waals surface area contributed by atoms with Crippen LogP contribution in [0.5, 0.6) is 0 Å². The van der Waals surface area contributed by atoms with E-state index in [1.165, 1.54) is 29.2 Å². The van der Waals surface area contributed by atoms with Crippen molar-refractivity contribution >= 4 is 35.2 Å². The highest BCUT2D eigenvalue weighted by molar-refractivity contribution is 6.07. The number of hydrogen-bond acceptors (Lipinski definition) is 10. The summed E-state index contributed by atoms with van der Waals surface area (Å²) < 4.78 is 49.3. The topological polar surface area (TPSA) is 217 Å². The minimum atomic E-state index is -4.45. The second-order valence-electron chi connectivity index (χ2n) is 11.0. The number of primary amides is 1. The van der Waals surface area contributed by atoms with Crippen LogP contribution in [0.15, 0.2) is 59.5 Å². The van der Waals surface area contributed by atoms with Gasteiger partial charge >= 0.3 is 12.1 Å². The predicted octanol–water partition coefficient (Wildman–Crippen LogP) is 4.42. The number of nitrogens with one attached hydrogen (secondary N) is 3. The molecule has 0 bridgehead atoms. The summed E-state index contributed by atoms with van der Waals surface area (Å²) in [6.45, 7) is -0.647. The van der Waals surface area contributed by atoms with Gasteiger partial charge in [-0.3, -0.25) is 14.4 Å². The first-order chi connectivity index (χ1) is 23.9. The number of oxazole rings is 1. The number of unbranched alkanes of at least 4 members (excludes halogenated alkanes) is 5. The second kappa shape index (κ2) is 17.6. The fraction of sp³-hybridized carbons (Fsp3) is 0.344. The molecule has 0 spiro atoms. The number of benzene rings is 1. The van der Waals surface area contributed by atoms with Crippen LogP contribution in [0.25, 0.3) is 17.1 Å². The molecular formula is C32H35F3N8O7. The molecule has 18 heteroatoms. The molecule has 3 aromatic heterocycles. The van der Waals surface area contributed by atoms with Gasteiger partial charge in [0.05, 0.1) is 17.6 Å². The smallest absolute Gasteiger partial charge is 0.405 e. The number of carbonyl (C=O) groups is 4. The summed E-state index contributed by atoms with van der Waals surface area (Å²) in [5, 5.41) is 20.2. The quantitative estimate of drug-likeness (QED) is 0.0863. The second-order valence-corrected chi connectivity index (χ2v) is 11.0. The van der Waals surface area contributed by atoms with Crippen molar-refractivity contribution in [1.29, 1.82) is 0 Å². The van der Waals surface area contributed by atoms with Gasteiger partial charge in [-0.15, -0.1) is 0 Å². The Labute approximate surface area is 283 Å². The maximum atomic E-state index is 13.0. The molecule has 0 saturated carbocycles. The number of anilines is 2. The summed E-state index contributed by atoms with van der Waals surface area (Å²) in [5.74, 6) is -3.07. The van der Waals surface area contributed by atoms with Gasteiger partial charge in [-0.05, 0) is 49.2 Å². The first-order valence-electron chi connectivity index (χ1n) is 15.5. The predicted molar refractivity (Wildman–Crippen MR) is 173 cm³/mol. The Morgan fingerprint density at radius 2 is 1.70 bits per heavy atom. The molecule has 0 radical (unpaired) electrons. The lowest BCUT2D eigenvalue weighted by Crippen LogP contribution is -2.24. The lowest BCUT2D eigenvalue weighted by molar-refractivity contribution is -0.142. The van der Waals surface area contributed by atoms with Crippen LogP contribution in [-0.4, -0.2) is 81.0 Å². The molecular weight excluding hydrogens is 665 g/mol. The van der Waals surface area contributed by atoms with E-state index in [-0.39, 0.29) is 46.9 Å². The van der Waals surface area contributed by atoms with Crippen LogP contribution in [0.4, 0.5) is 24.7 Å². The molecule has 0 aliphatic carbocycles. The largest absolute Gasteiger partial charge is 0.480 e. The first kappa shape index (κ1) is 37.0. The van der Waals surface area contributed by atoms with E-state index in [1.54, 1.807) is 24.3 Å². The summed E-state index contributed by atoms with van der Waals surface area (Å²) in [6, 6.07) is 9.10. The lowest BCUT2D eigenvalue weighted by Gasteiger charge is -2.08. The van der Waals surface area contributed by atoms with Gasteiger partial charge in [0.25, 0.3) is 17.7 Å². The van der Waals surface area contributed by atoms with Crippen molar-refractivity contribution < 1.29 is 46.6 Å². The van der Waals surface area contributed by atoms with Crippen molar-refractivity contribution in [2.75, 3.05) is 36.9 Å². The van der Waals surface area contributed by atoms with E-state index in [2.05, 4.69) is 31.0 Å². The number of aliphatic carboxylic acids is 1. The fourth-order valence-electron chi connectivity index (χ4n) is 4.59. The summed E-state index contributed by atoms with van der Waals surface area (Å²) in [6.07, 6.45) is 4.68. The number of alkyl halides is 3. The SMILES string of the molecule is NC(=O)c1nn(-c2ccc(C(=O)NCCCCCCCCOCC(=O)O)cc2)cc1NC(=O)c1coc(-c2ccnc(NCC(F)(F)F)c2)n1. The summed E-state index contributed by atoms with van der Waals surface area (Å²) in [4.78, 5) is 56.0. The molecule has 1 aromatic carbocycles. The lowest BCUT2D eigenvalue weighted by atomic mass is 10.1. The average Bonchev–Trinajstić information content (AvgIpc) is 3.74.